The number of hydrogen-bond donors (Lipinski definition) is 2. The van der Waals surface area contributed by atoms with Gasteiger partial charge in [0.1, 0.15) is 12.0 Å². The van der Waals surface area contributed by atoms with Crippen LogP contribution in [0.15, 0.2) is 83.5 Å². The van der Waals surface area contributed by atoms with Crippen molar-refractivity contribution in [2.75, 3.05) is 10.6 Å². The lowest BCUT2D eigenvalue weighted by Crippen LogP contribution is -2.19. The van der Waals surface area contributed by atoms with E-state index in [4.69, 9.17) is 4.42 Å². The van der Waals surface area contributed by atoms with Gasteiger partial charge in [0.15, 0.2) is 0 Å². The molecule has 2 amide bonds. The highest BCUT2D eigenvalue weighted by atomic mass is 16.3. The minimum Gasteiger partial charge on any atom is -0.444 e. The van der Waals surface area contributed by atoms with Crippen molar-refractivity contribution < 1.29 is 9.21 Å². The molecule has 0 radical (unpaired) electrons. The summed E-state index contributed by atoms with van der Waals surface area (Å²) < 4.78 is 5.62. The Morgan fingerprint density at radius 2 is 1.45 bits per heavy atom. The number of aryl methyl sites for hydroxylation is 2. The molecule has 0 bridgehead atoms. The Labute approximate surface area is 169 Å². The van der Waals surface area contributed by atoms with Crippen LogP contribution >= 0.6 is 0 Å². The van der Waals surface area contributed by atoms with E-state index in [0.29, 0.717) is 11.6 Å². The van der Waals surface area contributed by atoms with Gasteiger partial charge in [-0.05, 0) is 61.4 Å². The van der Waals surface area contributed by atoms with Crippen molar-refractivity contribution in [1.29, 1.82) is 0 Å². The first kappa shape index (κ1) is 18.5. The van der Waals surface area contributed by atoms with Crippen molar-refractivity contribution in [3.05, 3.63) is 90.2 Å². The average Bonchev–Trinajstić information content (AvgIpc) is 3.18. The van der Waals surface area contributed by atoms with E-state index in [1.165, 1.54) is 0 Å². The maximum atomic E-state index is 12.3. The van der Waals surface area contributed by atoms with Gasteiger partial charge in [-0.2, -0.15) is 0 Å². The Morgan fingerprint density at radius 3 is 2.14 bits per heavy atom. The topological polar surface area (TPSA) is 67.2 Å². The number of nitrogens with zero attached hydrogens (tertiary/aromatic N) is 1. The molecule has 4 rings (SSSR count). The predicted octanol–water partition coefficient (Wildman–Crippen LogP) is 6.27. The molecule has 0 aliphatic carbocycles. The number of aromatic nitrogens is 1. The molecule has 0 atom stereocenters. The number of anilines is 2. The molecule has 1 aromatic heterocycles. The minimum atomic E-state index is -0.287. The maximum Gasteiger partial charge on any atom is 0.323 e. The van der Waals surface area contributed by atoms with Crippen LogP contribution in [0.1, 0.15) is 11.1 Å². The van der Waals surface area contributed by atoms with E-state index < -0.39 is 0 Å². The summed E-state index contributed by atoms with van der Waals surface area (Å²) in [6, 6.07) is 22.9. The largest absolute Gasteiger partial charge is 0.444 e. The van der Waals surface area contributed by atoms with Gasteiger partial charge in [0.05, 0.1) is 0 Å². The fourth-order valence-electron chi connectivity index (χ4n) is 3.18. The second-order valence-electron chi connectivity index (χ2n) is 6.94. The molecule has 2 N–H and O–H groups in total. The second-order valence-corrected chi connectivity index (χ2v) is 6.94. The minimum absolute atomic E-state index is 0.287. The summed E-state index contributed by atoms with van der Waals surface area (Å²) in [6.45, 7) is 4.00. The third-order valence-corrected chi connectivity index (χ3v) is 4.44. The molecule has 1 heterocycles. The molecule has 0 aliphatic rings. The highest BCUT2D eigenvalue weighted by Crippen LogP contribution is 2.25. The standard InChI is InChI=1S/C24H21N3O2/c1-16-12-17(2)14-21(13-16)26-24(28)25-20-10-8-19(9-11-20)23-27-22(15-29-23)18-6-4-3-5-7-18/h3-15H,1-2H3,(H2,25,26,28). The zero-order chi connectivity index (χ0) is 20.2. The Balaban J connectivity index is 1.43. The Kier molecular flexibility index (Phi) is 5.12. The Morgan fingerprint density at radius 1 is 0.793 bits per heavy atom. The highest BCUT2D eigenvalue weighted by molar-refractivity contribution is 5.99. The first-order valence-electron chi connectivity index (χ1n) is 9.34. The SMILES string of the molecule is Cc1cc(C)cc(NC(=O)Nc2ccc(-c3nc(-c4ccccc4)co3)cc2)c1. The van der Waals surface area contributed by atoms with E-state index in [-0.39, 0.29) is 6.03 Å². The fourth-order valence-corrected chi connectivity index (χ4v) is 3.18. The van der Waals surface area contributed by atoms with Crippen LogP contribution in [0.25, 0.3) is 22.7 Å². The molecule has 4 aromatic rings. The van der Waals surface area contributed by atoms with Crippen molar-refractivity contribution in [3.63, 3.8) is 0 Å². The molecule has 3 aromatic carbocycles. The van der Waals surface area contributed by atoms with Gasteiger partial charge < -0.3 is 15.1 Å². The summed E-state index contributed by atoms with van der Waals surface area (Å²) in [5, 5.41) is 5.70. The van der Waals surface area contributed by atoms with Crippen LogP contribution in [-0.2, 0) is 0 Å². The smallest absolute Gasteiger partial charge is 0.323 e. The van der Waals surface area contributed by atoms with Crippen LogP contribution in [0.3, 0.4) is 0 Å². The lowest BCUT2D eigenvalue weighted by Gasteiger charge is -2.09. The van der Waals surface area contributed by atoms with Crippen LogP contribution in [-0.4, -0.2) is 11.0 Å². The number of oxazole rings is 1. The molecular formula is C24H21N3O2. The molecule has 0 spiro atoms. The third-order valence-electron chi connectivity index (χ3n) is 4.44. The lowest BCUT2D eigenvalue weighted by atomic mass is 10.1. The van der Waals surface area contributed by atoms with Gasteiger partial charge in [0, 0.05) is 22.5 Å². The van der Waals surface area contributed by atoms with Crippen LogP contribution in [0, 0.1) is 13.8 Å². The number of carbonyl (C=O) groups excluding carboxylic acids is 1. The Hall–Kier alpha value is -3.86. The number of carbonyl (C=O) groups is 1. The quantitative estimate of drug-likeness (QED) is 0.436. The summed E-state index contributed by atoms with van der Waals surface area (Å²) in [5.41, 5.74) is 6.29. The molecule has 5 heteroatoms. The van der Waals surface area contributed by atoms with Crippen LogP contribution in [0.5, 0.6) is 0 Å². The molecule has 0 unspecified atom stereocenters. The Bertz CT molecular complexity index is 1110. The van der Waals surface area contributed by atoms with Crippen molar-refractivity contribution in [3.8, 4) is 22.7 Å². The summed E-state index contributed by atoms with van der Waals surface area (Å²) in [4.78, 5) is 16.8. The van der Waals surface area contributed by atoms with Gasteiger partial charge >= 0.3 is 6.03 Å². The first-order valence-corrected chi connectivity index (χ1v) is 9.34. The molecule has 0 saturated heterocycles. The van der Waals surface area contributed by atoms with Crippen molar-refractivity contribution in [2.24, 2.45) is 0 Å². The summed E-state index contributed by atoms with van der Waals surface area (Å²) in [6.07, 6.45) is 1.65. The molecule has 0 aliphatic heterocycles. The summed E-state index contributed by atoms with van der Waals surface area (Å²) in [5.74, 6) is 0.537. The maximum absolute atomic E-state index is 12.3. The highest BCUT2D eigenvalue weighted by Gasteiger charge is 2.09. The van der Waals surface area contributed by atoms with E-state index in [9.17, 15) is 4.79 Å². The zero-order valence-electron chi connectivity index (χ0n) is 16.3. The van der Waals surface area contributed by atoms with Gasteiger partial charge in [-0.3, -0.25) is 0 Å². The number of rotatable bonds is 4. The molecule has 29 heavy (non-hydrogen) atoms. The lowest BCUT2D eigenvalue weighted by molar-refractivity contribution is 0.262. The van der Waals surface area contributed by atoms with Gasteiger partial charge in [0.2, 0.25) is 5.89 Å². The average molecular weight is 383 g/mol. The summed E-state index contributed by atoms with van der Waals surface area (Å²) >= 11 is 0. The van der Waals surface area contributed by atoms with Gasteiger partial charge in [-0.15, -0.1) is 0 Å². The van der Waals surface area contributed by atoms with Gasteiger partial charge in [-0.1, -0.05) is 36.4 Å². The molecular weight excluding hydrogens is 362 g/mol. The predicted molar refractivity (Wildman–Crippen MR) is 116 cm³/mol. The van der Waals surface area contributed by atoms with Gasteiger partial charge in [0.25, 0.3) is 0 Å². The molecule has 144 valence electrons. The number of nitrogens with one attached hydrogen (secondary N) is 2. The van der Waals surface area contributed by atoms with E-state index in [0.717, 1.165) is 33.6 Å². The van der Waals surface area contributed by atoms with Gasteiger partial charge in [-0.25, -0.2) is 9.78 Å². The van der Waals surface area contributed by atoms with E-state index >= 15 is 0 Å². The van der Waals surface area contributed by atoms with Crippen molar-refractivity contribution in [1.82, 2.24) is 4.98 Å². The molecule has 0 saturated carbocycles. The number of urea groups is 1. The van der Waals surface area contributed by atoms with Crippen molar-refractivity contribution >= 4 is 17.4 Å². The zero-order valence-corrected chi connectivity index (χ0v) is 16.3. The van der Waals surface area contributed by atoms with Crippen LogP contribution in [0.2, 0.25) is 0 Å². The van der Waals surface area contributed by atoms with Crippen molar-refractivity contribution in [2.45, 2.75) is 13.8 Å². The van der Waals surface area contributed by atoms with E-state index in [1.807, 2.05) is 80.6 Å². The van der Waals surface area contributed by atoms with E-state index in [1.54, 1.807) is 6.26 Å². The fraction of sp³-hybridized carbons (Fsp3) is 0.0833. The second kappa shape index (κ2) is 8.02. The summed E-state index contributed by atoms with van der Waals surface area (Å²) in [7, 11) is 0. The number of benzene rings is 3. The van der Waals surface area contributed by atoms with Crippen LogP contribution < -0.4 is 10.6 Å². The normalized spacial score (nSPS) is 10.6. The van der Waals surface area contributed by atoms with E-state index in [2.05, 4.69) is 21.7 Å². The monoisotopic (exact) mass is 383 g/mol. The molecule has 0 fully saturated rings. The van der Waals surface area contributed by atoms with Crippen LogP contribution in [0.4, 0.5) is 16.2 Å². The third kappa shape index (κ3) is 4.52. The number of hydrogen-bond acceptors (Lipinski definition) is 3. The number of amides is 2. The first-order chi connectivity index (χ1) is 14.1. The molecule has 5 nitrogen and oxygen atoms in total.